The van der Waals surface area contributed by atoms with Gasteiger partial charge in [0.2, 0.25) is 0 Å². The third-order valence-electron chi connectivity index (χ3n) is 3.91. The lowest BCUT2D eigenvalue weighted by Gasteiger charge is -2.12. The minimum Gasteiger partial charge on any atom is -0.493 e. The van der Waals surface area contributed by atoms with E-state index < -0.39 is 5.91 Å². The monoisotopic (exact) mass is 398 g/mol. The number of nitrogens with zero attached hydrogens (tertiary/aromatic N) is 2. The first-order valence-electron chi connectivity index (χ1n) is 8.19. The average molecular weight is 398 g/mol. The molecular weight excluding hydrogens is 383 g/mol. The SMILES string of the molecule is COc1cc(/C=C2\SC(=O)N(Cc3ccc(F)cc3)C2=O)ccc1OCC#N. The minimum absolute atomic E-state index is 0.0759. The second kappa shape index (κ2) is 8.59. The largest absolute Gasteiger partial charge is 0.493 e. The Balaban J connectivity index is 1.79. The first-order chi connectivity index (χ1) is 13.5. The molecule has 2 aromatic carbocycles. The Morgan fingerprint density at radius 3 is 2.61 bits per heavy atom. The van der Waals surface area contributed by atoms with Crippen molar-refractivity contribution in [2.45, 2.75) is 6.54 Å². The first-order valence-corrected chi connectivity index (χ1v) is 9.01. The Bertz CT molecular complexity index is 983. The van der Waals surface area contributed by atoms with Crippen molar-refractivity contribution in [3.63, 3.8) is 0 Å². The number of hydrogen-bond donors (Lipinski definition) is 0. The van der Waals surface area contributed by atoms with Gasteiger partial charge in [-0.2, -0.15) is 5.26 Å². The number of benzene rings is 2. The van der Waals surface area contributed by atoms with Crippen molar-refractivity contribution < 1.29 is 23.5 Å². The molecule has 0 unspecified atom stereocenters. The van der Waals surface area contributed by atoms with E-state index >= 15 is 0 Å². The highest BCUT2D eigenvalue weighted by Crippen LogP contribution is 2.35. The summed E-state index contributed by atoms with van der Waals surface area (Å²) in [6.07, 6.45) is 1.59. The smallest absolute Gasteiger partial charge is 0.293 e. The number of rotatable bonds is 6. The molecule has 1 saturated heterocycles. The Morgan fingerprint density at radius 2 is 1.93 bits per heavy atom. The van der Waals surface area contributed by atoms with E-state index in [-0.39, 0.29) is 29.1 Å². The molecule has 28 heavy (non-hydrogen) atoms. The summed E-state index contributed by atoms with van der Waals surface area (Å²) < 4.78 is 23.5. The Kier molecular flexibility index (Phi) is 5.96. The van der Waals surface area contributed by atoms with E-state index in [1.807, 2.05) is 6.07 Å². The maximum atomic E-state index is 13.0. The molecule has 0 aromatic heterocycles. The molecule has 1 aliphatic heterocycles. The number of halogens is 1. The summed E-state index contributed by atoms with van der Waals surface area (Å²) in [4.78, 5) is 26.2. The Morgan fingerprint density at radius 1 is 1.18 bits per heavy atom. The summed E-state index contributed by atoms with van der Waals surface area (Å²) in [5, 5.41) is 8.23. The zero-order chi connectivity index (χ0) is 20.1. The first kappa shape index (κ1) is 19.5. The summed E-state index contributed by atoms with van der Waals surface area (Å²) >= 11 is 0.840. The summed E-state index contributed by atoms with van der Waals surface area (Å²) in [6.45, 7) is -0.0372. The fraction of sp³-hybridized carbons (Fsp3) is 0.150. The molecule has 0 aliphatic carbocycles. The van der Waals surface area contributed by atoms with Gasteiger partial charge in [0.15, 0.2) is 18.1 Å². The van der Waals surface area contributed by atoms with E-state index in [0.29, 0.717) is 22.6 Å². The lowest BCUT2D eigenvalue weighted by molar-refractivity contribution is -0.123. The average Bonchev–Trinajstić information content (AvgIpc) is 2.95. The van der Waals surface area contributed by atoms with Crippen LogP contribution in [0.4, 0.5) is 9.18 Å². The molecule has 2 aromatic rings. The highest BCUT2D eigenvalue weighted by atomic mass is 32.2. The van der Waals surface area contributed by atoms with Gasteiger partial charge < -0.3 is 9.47 Å². The number of nitriles is 1. The number of methoxy groups -OCH3 is 1. The molecule has 0 atom stereocenters. The van der Waals surface area contributed by atoms with Crippen LogP contribution in [0.15, 0.2) is 47.4 Å². The zero-order valence-electron chi connectivity index (χ0n) is 14.8. The van der Waals surface area contributed by atoms with Crippen molar-refractivity contribution in [2.75, 3.05) is 13.7 Å². The maximum Gasteiger partial charge on any atom is 0.293 e. The quantitative estimate of drug-likeness (QED) is 0.685. The van der Waals surface area contributed by atoms with Crippen molar-refractivity contribution in [3.05, 3.63) is 64.3 Å². The normalized spacial score (nSPS) is 15.0. The molecule has 3 rings (SSSR count). The van der Waals surface area contributed by atoms with E-state index in [9.17, 15) is 14.0 Å². The van der Waals surface area contributed by atoms with Gasteiger partial charge in [-0.05, 0) is 53.2 Å². The number of imide groups is 1. The molecule has 8 heteroatoms. The van der Waals surface area contributed by atoms with Crippen molar-refractivity contribution >= 4 is 29.0 Å². The van der Waals surface area contributed by atoms with Gasteiger partial charge in [0.25, 0.3) is 11.1 Å². The maximum absolute atomic E-state index is 13.0. The molecule has 142 valence electrons. The molecule has 0 saturated carbocycles. The van der Waals surface area contributed by atoms with Crippen molar-refractivity contribution in [1.82, 2.24) is 4.90 Å². The van der Waals surface area contributed by atoms with Crippen LogP contribution in [0, 0.1) is 17.1 Å². The van der Waals surface area contributed by atoms with Crippen LogP contribution in [-0.2, 0) is 11.3 Å². The van der Waals surface area contributed by atoms with Crippen molar-refractivity contribution in [1.29, 1.82) is 5.26 Å². The summed E-state index contributed by atoms with van der Waals surface area (Å²) in [5.41, 5.74) is 1.30. The van der Waals surface area contributed by atoms with Gasteiger partial charge >= 0.3 is 0 Å². The standard InChI is InChI=1S/C20H15FN2O4S/c1-26-17-10-14(4-7-16(17)27-9-8-22)11-18-19(24)23(20(25)28-18)12-13-2-5-15(21)6-3-13/h2-7,10-11H,9,12H2,1H3/b18-11-. The molecule has 0 N–H and O–H groups in total. The molecule has 6 nitrogen and oxygen atoms in total. The van der Waals surface area contributed by atoms with Crippen LogP contribution in [0.2, 0.25) is 0 Å². The predicted octanol–water partition coefficient (Wildman–Crippen LogP) is 3.97. The predicted molar refractivity (Wildman–Crippen MR) is 102 cm³/mol. The van der Waals surface area contributed by atoms with Crippen LogP contribution in [-0.4, -0.2) is 29.8 Å². The molecule has 2 amide bonds. The third kappa shape index (κ3) is 4.32. The zero-order valence-corrected chi connectivity index (χ0v) is 15.7. The Hall–Kier alpha value is -3.31. The Labute approximate surface area is 165 Å². The number of carbonyl (C=O) groups is 2. The van der Waals surface area contributed by atoms with Crippen molar-refractivity contribution in [3.8, 4) is 17.6 Å². The van der Waals surface area contributed by atoms with Crippen LogP contribution in [0.5, 0.6) is 11.5 Å². The molecule has 0 bridgehead atoms. The van der Waals surface area contributed by atoms with E-state index in [2.05, 4.69) is 0 Å². The lowest BCUT2D eigenvalue weighted by Crippen LogP contribution is -2.27. The lowest BCUT2D eigenvalue weighted by atomic mass is 10.1. The molecule has 1 fully saturated rings. The second-order valence-corrected chi connectivity index (χ2v) is 6.74. The van der Waals surface area contributed by atoms with Gasteiger partial charge in [0.05, 0.1) is 18.6 Å². The molecule has 1 aliphatic rings. The number of amides is 2. The summed E-state index contributed by atoms with van der Waals surface area (Å²) in [5.74, 6) is 0.0252. The molecule has 0 radical (unpaired) electrons. The van der Waals surface area contributed by atoms with Crippen LogP contribution in [0.25, 0.3) is 6.08 Å². The van der Waals surface area contributed by atoms with Gasteiger partial charge in [-0.15, -0.1) is 0 Å². The van der Waals surface area contributed by atoms with Gasteiger partial charge in [-0.1, -0.05) is 18.2 Å². The van der Waals surface area contributed by atoms with Gasteiger partial charge in [0.1, 0.15) is 11.9 Å². The highest BCUT2D eigenvalue weighted by molar-refractivity contribution is 8.18. The molecule has 0 spiro atoms. The van der Waals surface area contributed by atoms with E-state index in [4.69, 9.17) is 14.7 Å². The molecular formula is C20H15FN2O4S. The number of thioether (sulfide) groups is 1. The summed E-state index contributed by atoms with van der Waals surface area (Å²) in [7, 11) is 1.47. The number of ether oxygens (including phenoxy) is 2. The third-order valence-corrected chi connectivity index (χ3v) is 4.81. The van der Waals surface area contributed by atoms with Crippen LogP contribution >= 0.6 is 11.8 Å². The van der Waals surface area contributed by atoms with Crippen LogP contribution in [0.1, 0.15) is 11.1 Å². The highest BCUT2D eigenvalue weighted by Gasteiger charge is 2.35. The number of carbonyl (C=O) groups excluding carboxylic acids is 2. The van der Waals surface area contributed by atoms with Crippen LogP contribution in [0.3, 0.4) is 0 Å². The van der Waals surface area contributed by atoms with Gasteiger partial charge in [0, 0.05) is 0 Å². The van der Waals surface area contributed by atoms with E-state index in [1.165, 1.54) is 31.4 Å². The van der Waals surface area contributed by atoms with E-state index in [1.54, 1.807) is 24.3 Å². The summed E-state index contributed by atoms with van der Waals surface area (Å²) in [6, 6.07) is 12.5. The number of hydrogen-bond acceptors (Lipinski definition) is 6. The van der Waals surface area contributed by atoms with Crippen molar-refractivity contribution in [2.24, 2.45) is 0 Å². The van der Waals surface area contributed by atoms with Gasteiger partial charge in [-0.3, -0.25) is 14.5 Å². The second-order valence-electron chi connectivity index (χ2n) is 5.75. The fourth-order valence-electron chi connectivity index (χ4n) is 2.56. The minimum atomic E-state index is -0.414. The molecule has 1 heterocycles. The van der Waals surface area contributed by atoms with Crippen LogP contribution < -0.4 is 9.47 Å². The van der Waals surface area contributed by atoms with Gasteiger partial charge in [-0.25, -0.2) is 4.39 Å². The fourth-order valence-corrected chi connectivity index (χ4v) is 3.40. The van der Waals surface area contributed by atoms with E-state index in [0.717, 1.165) is 16.7 Å². The topological polar surface area (TPSA) is 79.6 Å².